The second-order valence-corrected chi connectivity index (χ2v) is 3.79. The molecule has 0 atom stereocenters. The van der Waals surface area contributed by atoms with Crippen LogP contribution in [0, 0.1) is 0 Å². The summed E-state index contributed by atoms with van der Waals surface area (Å²) in [4.78, 5) is 21.9. The fraction of sp³-hybridized carbons (Fsp3) is 0.167. The zero-order valence-corrected chi connectivity index (χ0v) is 9.49. The van der Waals surface area contributed by atoms with Crippen molar-refractivity contribution >= 4 is 35.1 Å². The van der Waals surface area contributed by atoms with Crippen molar-refractivity contribution < 1.29 is 9.59 Å². The number of carbonyl (C=O) groups excluding carboxylic acids is 2. The van der Waals surface area contributed by atoms with Crippen molar-refractivity contribution in [3.05, 3.63) is 34.5 Å². The predicted octanol–water partition coefficient (Wildman–Crippen LogP) is 2.94. The van der Waals surface area contributed by atoms with E-state index in [0.717, 1.165) is 23.5 Å². The first-order valence-corrected chi connectivity index (χ1v) is 5.33. The lowest BCUT2D eigenvalue weighted by atomic mass is 10.1. The number of hydrogen-bond donors (Lipinski definition) is 0. The number of nitrogens with zero attached hydrogens (tertiary/aromatic N) is 1. The van der Waals surface area contributed by atoms with Crippen molar-refractivity contribution in [2.75, 3.05) is 0 Å². The van der Waals surface area contributed by atoms with Gasteiger partial charge in [0.2, 0.25) is 0 Å². The second-order valence-electron chi connectivity index (χ2n) is 3.43. The van der Waals surface area contributed by atoms with E-state index in [1.807, 2.05) is 6.92 Å². The molecule has 0 saturated heterocycles. The highest BCUT2D eigenvalue weighted by molar-refractivity contribution is 6.34. The van der Waals surface area contributed by atoms with E-state index >= 15 is 0 Å². The van der Waals surface area contributed by atoms with Crippen LogP contribution in [-0.2, 0) is 6.54 Å². The van der Waals surface area contributed by atoms with Crippen LogP contribution in [-0.4, -0.2) is 17.1 Å². The van der Waals surface area contributed by atoms with E-state index < -0.39 is 0 Å². The number of rotatable bonds is 3. The van der Waals surface area contributed by atoms with E-state index in [-0.39, 0.29) is 0 Å². The van der Waals surface area contributed by atoms with Gasteiger partial charge in [-0.25, -0.2) is 0 Å². The SMILES string of the molecule is CCn1c(Cl)c(C=O)c2cccc(C=O)c21. The molecular formula is C12H10ClNO2. The molecule has 0 bridgehead atoms. The normalized spacial score (nSPS) is 10.6. The number of halogens is 1. The quantitative estimate of drug-likeness (QED) is 0.768. The molecule has 0 spiro atoms. The Morgan fingerprint density at radius 1 is 1.31 bits per heavy atom. The van der Waals surface area contributed by atoms with E-state index in [1.54, 1.807) is 22.8 Å². The predicted molar refractivity (Wildman–Crippen MR) is 63.4 cm³/mol. The zero-order chi connectivity index (χ0) is 11.7. The molecule has 3 nitrogen and oxygen atoms in total. The smallest absolute Gasteiger partial charge is 0.153 e. The Morgan fingerprint density at radius 3 is 2.62 bits per heavy atom. The van der Waals surface area contributed by atoms with Crippen molar-refractivity contribution in [1.82, 2.24) is 4.57 Å². The lowest BCUT2D eigenvalue weighted by Crippen LogP contribution is -1.96. The third-order valence-corrected chi connectivity index (χ3v) is 3.06. The third-order valence-electron chi connectivity index (χ3n) is 2.65. The number of hydrogen-bond acceptors (Lipinski definition) is 2. The summed E-state index contributed by atoms with van der Waals surface area (Å²) in [6.07, 6.45) is 1.50. The fourth-order valence-corrected chi connectivity index (χ4v) is 2.29. The Bertz CT molecular complexity index is 572. The summed E-state index contributed by atoms with van der Waals surface area (Å²) in [5.41, 5.74) is 1.73. The molecule has 0 radical (unpaired) electrons. The van der Waals surface area contributed by atoms with Gasteiger partial charge in [0.1, 0.15) is 5.15 Å². The summed E-state index contributed by atoms with van der Waals surface area (Å²) in [5.74, 6) is 0. The molecular weight excluding hydrogens is 226 g/mol. The van der Waals surface area contributed by atoms with Gasteiger partial charge in [0.25, 0.3) is 0 Å². The van der Waals surface area contributed by atoms with Crippen LogP contribution in [0.15, 0.2) is 18.2 Å². The molecule has 1 aromatic heterocycles. The first-order valence-electron chi connectivity index (χ1n) is 4.95. The monoisotopic (exact) mass is 235 g/mol. The highest BCUT2D eigenvalue weighted by Crippen LogP contribution is 2.30. The summed E-state index contributed by atoms with van der Waals surface area (Å²) >= 11 is 6.10. The summed E-state index contributed by atoms with van der Waals surface area (Å²) in [6, 6.07) is 5.26. The van der Waals surface area contributed by atoms with Gasteiger partial charge in [-0.05, 0) is 13.0 Å². The molecule has 82 valence electrons. The summed E-state index contributed by atoms with van der Waals surface area (Å²) < 4.78 is 1.77. The first kappa shape index (κ1) is 10.9. The molecule has 0 aliphatic carbocycles. The molecule has 1 aromatic carbocycles. The van der Waals surface area contributed by atoms with Gasteiger partial charge < -0.3 is 4.57 Å². The van der Waals surface area contributed by atoms with E-state index in [1.165, 1.54) is 0 Å². The van der Waals surface area contributed by atoms with Crippen LogP contribution >= 0.6 is 11.6 Å². The summed E-state index contributed by atoms with van der Waals surface area (Å²) in [5, 5.41) is 1.12. The number of fused-ring (bicyclic) bond motifs is 1. The zero-order valence-electron chi connectivity index (χ0n) is 8.74. The molecule has 0 aliphatic heterocycles. The average molecular weight is 236 g/mol. The largest absolute Gasteiger partial charge is 0.331 e. The van der Waals surface area contributed by atoms with Gasteiger partial charge in [0.05, 0.1) is 11.1 Å². The second kappa shape index (κ2) is 4.10. The minimum Gasteiger partial charge on any atom is -0.331 e. The maximum Gasteiger partial charge on any atom is 0.153 e. The van der Waals surface area contributed by atoms with E-state index in [0.29, 0.717) is 22.8 Å². The van der Waals surface area contributed by atoms with Crippen molar-refractivity contribution in [3.8, 4) is 0 Å². The molecule has 0 unspecified atom stereocenters. The Morgan fingerprint density at radius 2 is 2.06 bits per heavy atom. The molecule has 0 fully saturated rings. The van der Waals surface area contributed by atoms with Crippen LogP contribution in [0.25, 0.3) is 10.9 Å². The molecule has 4 heteroatoms. The van der Waals surface area contributed by atoms with Gasteiger partial charge >= 0.3 is 0 Å². The Hall–Kier alpha value is -1.61. The van der Waals surface area contributed by atoms with Crippen LogP contribution in [0.5, 0.6) is 0 Å². The Kier molecular flexibility index (Phi) is 2.79. The Labute approximate surface area is 97.6 Å². The lowest BCUT2D eigenvalue weighted by molar-refractivity contribution is 0.111. The molecule has 2 rings (SSSR count). The van der Waals surface area contributed by atoms with Gasteiger partial charge in [-0.15, -0.1) is 0 Å². The van der Waals surface area contributed by atoms with Gasteiger partial charge in [-0.1, -0.05) is 23.7 Å². The minimum absolute atomic E-state index is 0.391. The Balaban J connectivity index is 2.99. The van der Waals surface area contributed by atoms with E-state index in [4.69, 9.17) is 11.6 Å². The van der Waals surface area contributed by atoms with Crippen LogP contribution in [0.4, 0.5) is 0 Å². The minimum atomic E-state index is 0.391. The molecule has 1 heterocycles. The number of aromatic nitrogens is 1. The van der Waals surface area contributed by atoms with Gasteiger partial charge in [0, 0.05) is 17.5 Å². The maximum atomic E-state index is 11.0. The molecule has 16 heavy (non-hydrogen) atoms. The molecule has 0 saturated carbocycles. The highest BCUT2D eigenvalue weighted by Gasteiger charge is 2.16. The van der Waals surface area contributed by atoms with Gasteiger partial charge in [-0.3, -0.25) is 9.59 Å². The molecule has 0 aliphatic rings. The highest BCUT2D eigenvalue weighted by atomic mass is 35.5. The average Bonchev–Trinajstić information content (AvgIpc) is 2.59. The summed E-state index contributed by atoms with van der Waals surface area (Å²) in [7, 11) is 0. The van der Waals surface area contributed by atoms with E-state index in [2.05, 4.69) is 0 Å². The third kappa shape index (κ3) is 1.36. The van der Waals surface area contributed by atoms with Crippen molar-refractivity contribution in [2.45, 2.75) is 13.5 Å². The number of carbonyl (C=O) groups is 2. The molecule has 2 aromatic rings. The fourth-order valence-electron chi connectivity index (χ4n) is 1.94. The van der Waals surface area contributed by atoms with Crippen LogP contribution in [0.1, 0.15) is 27.6 Å². The van der Waals surface area contributed by atoms with Gasteiger partial charge in [-0.2, -0.15) is 0 Å². The maximum absolute atomic E-state index is 11.0. The lowest BCUT2D eigenvalue weighted by Gasteiger charge is -2.03. The summed E-state index contributed by atoms with van der Waals surface area (Å²) in [6.45, 7) is 2.54. The molecule has 0 N–H and O–H groups in total. The van der Waals surface area contributed by atoms with Crippen molar-refractivity contribution in [3.63, 3.8) is 0 Å². The van der Waals surface area contributed by atoms with E-state index in [9.17, 15) is 9.59 Å². The number of para-hydroxylation sites is 1. The number of benzene rings is 1. The number of aldehydes is 2. The first-order chi connectivity index (χ1) is 7.74. The molecule has 0 amide bonds. The van der Waals surface area contributed by atoms with Crippen LogP contribution in [0.2, 0.25) is 5.15 Å². The standard InChI is InChI=1S/C12H10ClNO2/c1-2-14-11-8(6-15)4-3-5-9(11)10(7-16)12(14)13/h3-7H,2H2,1H3. The van der Waals surface area contributed by atoms with Crippen LogP contribution in [0.3, 0.4) is 0 Å². The number of aryl methyl sites for hydroxylation is 1. The van der Waals surface area contributed by atoms with Crippen molar-refractivity contribution in [1.29, 1.82) is 0 Å². The van der Waals surface area contributed by atoms with Crippen LogP contribution < -0.4 is 0 Å². The van der Waals surface area contributed by atoms with Crippen molar-refractivity contribution in [2.24, 2.45) is 0 Å². The van der Waals surface area contributed by atoms with Gasteiger partial charge in [0.15, 0.2) is 12.6 Å². The topological polar surface area (TPSA) is 39.1 Å².